The van der Waals surface area contributed by atoms with Crippen LogP contribution in [0.25, 0.3) is 0 Å². The summed E-state index contributed by atoms with van der Waals surface area (Å²) in [4.78, 5) is 25.8. The minimum atomic E-state index is -0.311. The largest absolute Gasteiger partial charge is 0.462 e. The van der Waals surface area contributed by atoms with E-state index in [0.29, 0.717) is 17.3 Å². The molecule has 0 radical (unpaired) electrons. The van der Waals surface area contributed by atoms with E-state index in [2.05, 4.69) is 20.6 Å². The number of thiophene rings is 1. The predicted molar refractivity (Wildman–Crippen MR) is 87.6 cm³/mol. The molecule has 0 saturated carbocycles. The Balaban J connectivity index is 1.79. The maximum atomic E-state index is 11.8. The molecule has 0 bridgehead atoms. The molecule has 1 aliphatic rings. The van der Waals surface area contributed by atoms with Gasteiger partial charge in [-0.1, -0.05) is 0 Å². The number of carbonyl (C=O) groups is 2. The average Bonchev–Trinajstić information content (AvgIpc) is 3.21. The van der Waals surface area contributed by atoms with Gasteiger partial charge in [0.15, 0.2) is 5.82 Å². The van der Waals surface area contributed by atoms with Crippen LogP contribution in [0.2, 0.25) is 0 Å². The number of urea groups is 1. The number of anilines is 3. The summed E-state index contributed by atoms with van der Waals surface area (Å²) in [6.45, 7) is 3.63. The number of nitrogens with zero attached hydrogens (tertiary/aromatic N) is 3. The molecule has 0 unspecified atom stereocenters. The Hall–Kier alpha value is -2.55. The number of amides is 2. The highest BCUT2D eigenvalue weighted by Crippen LogP contribution is 2.36. The summed E-state index contributed by atoms with van der Waals surface area (Å²) in [5.41, 5.74) is 0. The van der Waals surface area contributed by atoms with Crippen molar-refractivity contribution in [2.24, 2.45) is 0 Å². The molecule has 2 N–H and O–H groups in total. The molecule has 2 amide bonds. The lowest BCUT2D eigenvalue weighted by Gasteiger charge is -2.13. The molecule has 23 heavy (non-hydrogen) atoms. The number of rotatable bonds is 4. The second kappa shape index (κ2) is 6.29. The van der Waals surface area contributed by atoms with Crippen LogP contribution in [0, 0.1) is 0 Å². The molecule has 3 rings (SSSR count). The van der Waals surface area contributed by atoms with Crippen molar-refractivity contribution in [2.75, 3.05) is 30.4 Å². The molecule has 1 aliphatic heterocycles. The molecular weight excluding hydrogens is 318 g/mol. The number of fused-ring (bicyclic) bond motifs is 1. The Morgan fingerprint density at radius 1 is 1.39 bits per heavy atom. The van der Waals surface area contributed by atoms with Crippen LogP contribution in [0.5, 0.6) is 0 Å². The van der Waals surface area contributed by atoms with Crippen LogP contribution in [0.1, 0.15) is 16.6 Å². The Bertz CT molecular complexity index is 739. The normalized spacial score (nSPS) is 12.9. The third-order valence-electron chi connectivity index (χ3n) is 3.37. The summed E-state index contributed by atoms with van der Waals surface area (Å²) in [6.07, 6.45) is 0. The Kier molecular flexibility index (Phi) is 4.20. The number of esters is 1. The molecule has 2 aromatic rings. The number of hydrogen-bond donors (Lipinski definition) is 2. The number of carbonyl (C=O) groups excluding carboxylic acids is 2. The first-order chi connectivity index (χ1) is 11.1. The van der Waals surface area contributed by atoms with E-state index >= 15 is 0 Å². The lowest BCUT2D eigenvalue weighted by atomic mass is 10.4. The molecule has 9 heteroatoms. The molecule has 3 heterocycles. The van der Waals surface area contributed by atoms with Gasteiger partial charge in [0.2, 0.25) is 0 Å². The summed E-state index contributed by atoms with van der Waals surface area (Å²) in [5.74, 6) is 1.07. The quantitative estimate of drug-likeness (QED) is 0.835. The molecule has 8 nitrogen and oxygen atoms in total. The molecule has 0 saturated heterocycles. The lowest BCUT2D eigenvalue weighted by Crippen LogP contribution is -2.24. The highest BCUT2D eigenvalue weighted by Gasteiger charge is 2.25. The summed E-state index contributed by atoms with van der Waals surface area (Å²) in [6, 6.07) is 5.16. The summed E-state index contributed by atoms with van der Waals surface area (Å²) in [7, 11) is 1.55. The zero-order valence-electron chi connectivity index (χ0n) is 12.8. The summed E-state index contributed by atoms with van der Waals surface area (Å²) in [5, 5.41) is 10.4. The van der Waals surface area contributed by atoms with Crippen LogP contribution in [0.3, 0.4) is 0 Å². The smallest absolute Gasteiger partial charge is 0.348 e. The maximum Gasteiger partial charge on any atom is 0.348 e. The molecule has 0 spiro atoms. The van der Waals surface area contributed by atoms with Crippen molar-refractivity contribution >= 4 is 40.0 Å². The van der Waals surface area contributed by atoms with E-state index in [1.165, 1.54) is 11.3 Å². The van der Waals surface area contributed by atoms with Gasteiger partial charge in [-0.2, -0.15) is 5.10 Å². The van der Waals surface area contributed by atoms with E-state index in [1.54, 1.807) is 20.0 Å². The van der Waals surface area contributed by atoms with Crippen LogP contribution in [0.4, 0.5) is 21.4 Å². The van der Waals surface area contributed by atoms with Gasteiger partial charge >= 0.3 is 12.0 Å². The standard InChI is InChI=1S/C14H17N5O3S/c1-3-22-13(20)9-4-5-12(23-9)18-6-7-19-11(18)8-10(17-19)16-14(21)15-2/h4-5,8H,3,6-7H2,1-2H3,(H2,15,16,17,21). The zero-order valence-corrected chi connectivity index (χ0v) is 13.6. The molecule has 0 aliphatic carbocycles. The van der Waals surface area contributed by atoms with Crippen molar-refractivity contribution in [3.63, 3.8) is 0 Å². The van der Waals surface area contributed by atoms with Crippen molar-refractivity contribution < 1.29 is 14.3 Å². The van der Waals surface area contributed by atoms with E-state index in [9.17, 15) is 9.59 Å². The van der Waals surface area contributed by atoms with Crippen molar-refractivity contribution in [3.8, 4) is 0 Å². The van der Waals surface area contributed by atoms with E-state index in [4.69, 9.17) is 4.74 Å². The number of hydrogen-bond acceptors (Lipinski definition) is 6. The number of ether oxygens (including phenoxy) is 1. The summed E-state index contributed by atoms with van der Waals surface area (Å²) >= 11 is 1.38. The first kappa shape index (κ1) is 15.3. The molecule has 0 fully saturated rings. The predicted octanol–water partition coefficient (Wildman–Crippen LogP) is 2.02. The van der Waals surface area contributed by atoms with Gasteiger partial charge in [-0.25, -0.2) is 14.3 Å². The van der Waals surface area contributed by atoms with E-state index < -0.39 is 0 Å². The van der Waals surface area contributed by atoms with E-state index in [1.807, 2.05) is 16.8 Å². The molecular formula is C14H17N5O3S. The van der Waals surface area contributed by atoms with Crippen LogP contribution in [-0.4, -0.2) is 42.0 Å². The molecule has 0 atom stereocenters. The minimum absolute atomic E-state index is 0.307. The minimum Gasteiger partial charge on any atom is -0.462 e. The third kappa shape index (κ3) is 3.00. The van der Waals surface area contributed by atoms with Gasteiger partial charge in [0.05, 0.1) is 18.2 Å². The SMILES string of the molecule is CCOC(=O)c1ccc(N2CCn3nc(NC(=O)NC)cc32)s1. The van der Waals surface area contributed by atoms with Crippen molar-refractivity contribution in [2.45, 2.75) is 13.5 Å². The second-order valence-corrected chi connectivity index (χ2v) is 5.89. The molecule has 122 valence electrons. The van der Waals surface area contributed by atoms with E-state index in [0.717, 1.165) is 23.9 Å². The Morgan fingerprint density at radius 2 is 2.22 bits per heavy atom. The van der Waals surface area contributed by atoms with Crippen LogP contribution in [0.15, 0.2) is 18.2 Å². The van der Waals surface area contributed by atoms with Gasteiger partial charge in [0, 0.05) is 19.7 Å². The highest BCUT2D eigenvalue weighted by atomic mass is 32.1. The monoisotopic (exact) mass is 335 g/mol. The fraction of sp³-hybridized carbons (Fsp3) is 0.357. The fourth-order valence-electron chi connectivity index (χ4n) is 2.35. The van der Waals surface area contributed by atoms with Gasteiger partial charge in [-0.15, -0.1) is 11.3 Å². The second-order valence-electron chi connectivity index (χ2n) is 4.83. The average molecular weight is 335 g/mol. The Morgan fingerprint density at radius 3 is 2.96 bits per heavy atom. The van der Waals surface area contributed by atoms with Crippen molar-refractivity contribution in [1.82, 2.24) is 15.1 Å². The van der Waals surface area contributed by atoms with Crippen LogP contribution in [-0.2, 0) is 11.3 Å². The molecule has 0 aromatic carbocycles. The molecule has 2 aromatic heterocycles. The van der Waals surface area contributed by atoms with Crippen molar-refractivity contribution in [1.29, 1.82) is 0 Å². The Labute approximate surface area is 137 Å². The number of aromatic nitrogens is 2. The van der Waals surface area contributed by atoms with Gasteiger partial charge in [0.1, 0.15) is 10.7 Å². The van der Waals surface area contributed by atoms with Crippen LogP contribution >= 0.6 is 11.3 Å². The highest BCUT2D eigenvalue weighted by molar-refractivity contribution is 7.18. The fourth-order valence-corrected chi connectivity index (χ4v) is 3.28. The van der Waals surface area contributed by atoms with Gasteiger partial charge in [-0.3, -0.25) is 5.32 Å². The summed E-state index contributed by atoms with van der Waals surface area (Å²) < 4.78 is 6.84. The van der Waals surface area contributed by atoms with Gasteiger partial charge in [0.25, 0.3) is 0 Å². The topological polar surface area (TPSA) is 88.5 Å². The van der Waals surface area contributed by atoms with Gasteiger partial charge < -0.3 is 15.0 Å². The number of nitrogens with one attached hydrogen (secondary N) is 2. The van der Waals surface area contributed by atoms with Crippen LogP contribution < -0.4 is 15.5 Å². The lowest BCUT2D eigenvalue weighted by molar-refractivity contribution is 0.0532. The zero-order chi connectivity index (χ0) is 16.4. The van der Waals surface area contributed by atoms with Crippen molar-refractivity contribution in [3.05, 3.63) is 23.1 Å². The maximum absolute atomic E-state index is 11.8. The third-order valence-corrected chi connectivity index (χ3v) is 4.46. The van der Waals surface area contributed by atoms with E-state index in [-0.39, 0.29) is 12.0 Å². The first-order valence-electron chi connectivity index (χ1n) is 7.23. The first-order valence-corrected chi connectivity index (χ1v) is 8.05. The van der Waals surface area contributed by atoms with Gasteiger partial charge in [-0.05, 0) is 19.1 Å².